The highest BCUT2D eigenvalue weighted by atomic mass is 16.5. The lowest BCUT2D eigenvalue weighted by molar-refractivity contribution is 0.0907. The molecule has 0 aliphatic heterocycles. The van der Waals surface area contributed by atoms with Gasteiger partial charge >= 0.3 is 0 Å². The van der Waals surface area contributed by atoms with E-state index in [9.17, 15) is 9.90 Å². The van der Waals surface area contributed by atoms with E-state index >= 15 is 0 Å². The molecule has 2 rings (SSSR count). The van der Waals surface area contributed by atoms with Gasteiger partial charge in [-0.2, -0.15) is 0 Å². The fraction of sp³-hybridized carbons (Fsp3) is 0.294. The number of hydrogen-bond donors (Lipinski definition) is 2. The van der Waals surface area contributed by atoms with E-state index in [1.807, 2.05) is 37.3 Å². The van der Waals surface area contributed by atoms with Gasteiger partial charge in [-0.3, -0.25) is 4.79 Å². The molecule has 5 nitrogen and oxygen atoms in total. The molecule has 1 aromatic heterocycles. The van der Waals surface area contributed by atoms with Crippen molar-refractivity contribution < 1.29 is 14.6 Å². The van der Waals surface area contributed by atoms with Crippen LogP contribution in [0.5, 0.6) is 5.75 Å². The van der Waals surface area contributed by atoms with Crippen molar-refractivity contribution in [1.82, 2.24) is 10.3 Å². The second kappa shape index (κ2) is 8.14. The number of carbonyl (C=O) groups excluding carboxylic acids is 1. The Hall–Kier alpha value is -2.40. The zero-order chi connectivity index (χ0) is 15.8. The molecular formula is C17H20N2O3. The van der Waals surface area contributed by atoms with E-state index in [1.165, 1.54) is 6.20 Å². The molecule has 1 atom stereocenters. The number of ether oxygens (including phenoxy) is 1. The van der Waals surface area contributed by atoms with Crippen LogP contribution in [0, 0.1) is 0 Å². The van der Waals surface area contributed by atoms with Crippen molar-refractivity contribution in [3.63, 3.8) is 0 Å². The summed E-state index contributed by atoms with van der Waals surface area (Å²) >= 11 is 0. The van der Waals surface area contributed by atoms with E-state index in [-0.39, 0.29) is 18.1 Å². The molecule has 0 bridgehead atoms. The predicted molar refractivity (Wildman–Crippen MR) is 83.9 cm³/mol. The number of hydrogen-bond acceptors (Lipinski definition) is 4. The molecule has 0 aliphatic rings. The van der Waals surface area contributed by atoms with Crippen molar-refractivity contribution in [3.8, 4) is 5.75 Å². The molecule has 1 heterocycles. The predicted octanol–water partition coefficient (Wildman–Crippen LogP) is 1.81. The van der Waals surface area contributed by atoms with E-state index in [0.717, 1.165) is 5.56 Å². The number of amides is 1. The Morgan fingerprint density at radius 1 is 1.27 bits per heavy atom. The van der Waals surface area contributed by atoms with Crippen LogP contribution in [-0.2, 0) is 6.42 Å². The molecule has 0 aliphatic carbocycles. The summed E-state index contributed by atoms with van der Waals surface area (Å²) in [4.78, 5) is 16.2. The average molecular weight is 300 g/mol. The summed E-state index contributed by atoms with van der Waals surface area (Å²) in [6.07, 6.45) is 1.38. The molecule has 1 amide bonds. The van der Waals surface area contributed by atoms with Gasteiger partial charge in [0.2, 0.25) is 0 Å². The minimum atomic E-state index is -0.648. The first-order chi connectivity index (χ1) is 10.7. The van der Waals surface area contributed by atoms with Crippen LogP contribution in [0.3, 0.4) is 0 Å². The van der Waals surface area contributed by atoms with Crippen LogP contribution in [0.2, 0.25) is 0 Å². The van der Waals surface area contributed by atoms with Gasteiger partial charge in [0.05, 0.1) is 12.7 Å². The highest BCUT2D eigenvalue weighted by Gasteiger charge is 2.15. The summed E-state index contributed by atoms with van der Waals surface area (Å²) in [6, 6.07) is 13.1. The number of nitrogens with one attached hydrogen (secondary N) is 1. The van der Waals surface area contributed by atoms with E-state index in [2.05, 4.69) is 10.3 Å². The summed E-state index contributed by atoms with van der Waals surface area (Å²) < 4.78 is 5.37. The third-order valence-electron chi connectivity index (χ3n) is 3.10. The van der Waals surface area contributed by atoms with Crippen molar-refractivity contribution in [2.45, 2.75) is 19.4 Å². The van der Waals surface area contributed by atoms with Gasteiger partial charge < -0.3 is 15.2 Å². The van der Waals surface area contributed by atoms with Crippen LogP contribution in [0.1, 0.15) is 23.0 Å². The monoisotopic (exact) mass is 300 g/mol. The molecular weight excluding hydrogens is 280 g/mol. The first-order valence-electron chi connectivity index (χ1n) is 7.28. The van der Waals surface area contributed by atoms with E-state index in [4.69, 9.17) is 4.74 Å². The number of aliphatic hydroxyl groups is 1. The Bertz CT molecular complexity index is 602. The zero-order valence-electron chi connectivity index (χ0n) is 12.5. The maximum absolute atomic E-state index is 12.1. The van der Waals surface area contributed by atoms with E-state index in [0.29, 0.717) is 18.8 Å². The maximum Gasteiger partial charge on any atom is 0.273 e. The quantitative estimate of drug-likeness (QED) is 0.818. The molecule has 22 heavy (non-hydrogen) atoms. The van der Waals surface area contributed by atoms with Crippen molar-refractivity contribution in [2.75, 3.05) is 13.2 Å². The van der Waals surface area contributed by atoms with Crippen LogP contribution in [0.15, 0.2) is 48.7 Å². The van der Waals surface area contributed by atoms with Gasteiger partial charge in [-0.15, -0.1) is 0 Å². The van der Waals surface area contributed by atoms with E-state index in [1.54, 1.807) is 12.1 Å². The van der Waals surface area contributed by atoms with Crippen molar-refractivity contribution in [2.24, 2.45) is 0 Å². The van der Waals surface area contributed by atoms with Crippen LogP contribution >= 0.6 is 0 Å². The number of benzene rings is 1. The Morgan fingerprint density at radius 3 is 2.77 bits per heavy atom. The third kappa shape index (κ3) is 4.56. The molecule has 0 spiro atoms. The molecule has 2 aromatic rings. The lowest BCUT2D eigenvalue weighted by atomic mass is 10.1. The fourth-order valence-electron chi connectivity index (χ4n) is 2.09. The third-order valence-corrected chi connectivity index (χ3v) is 3.10. The summed E-state index contributed by atoms with van der Waals surface area (Å²) in [5.74, 6) is 0.0937. The summed E-state index contributed by atoms with van der Waals surface area (Å²) in [6.45, 7) is 2.47. The van der Waals surface area contributed by atoms with Gasteiger partial charge in [0.25, 0.3) is 5.91 Å². The second-order valence-electron chi connectivity index (χ2n) is 4.84. The number of nitrogens with zero attached hydrogens (tertiary/aromatic N) is 1. The Morgan fingerprint density at radius 2 is 2.05 bits per heavy atom. The first-order valence-corrected chi connectivity index (χ1v) is 7.28. The van der Waals surface area contributed by atoms with Crippen LogP contribution < -0.4 is 10.1 Å². The van der Waals surface area contributed by atoms with Gasteiger partial charge in [0.15, 0.2) is 11.4 Å². The summed E-state index contributed by atoms with van der Waals surface area (Å²) in [5.41, 5.74) is 1.26. The molecule has 0 fully saturated rings. The first kappa shape index (κ1) is 16.0. The SMILES string of the molecule is CCOc1cccnc1C(=O)NCC(O)Cc1ccccc1. The topological polar surface area (TPSA) is 71.5 Å². The highest BCUT2D eigenvalue weighted by molar-refractivity contribution is 5.94. The van der Waals surface area contributed by atoms with E-state index < -0.39 is 6.10 Å². The van der Waals surface area contributed by atoms with Gasteiger partial charge in [0.1, 0.15) is 0 Å². The zero-order valence-corrected chi connectivity index (χ0v) is 12.5. The lowest BCUT2D eigenvalue weighted by Gasteiger charge is -2.13. The number of carbonyl (C=O) groups is 1. The molecule has 2 N–H and O–H groups in total. The minimum Gasteiger partial charge on any atom is -0.491 e. The maximum atomic E-state index is 12.1. The van der Waals surface area contributed by atoms with Crippen LogP contribution in [0.25, 0.3) is 0 Å². The molecule has 0 radical (unpaired) electrons. The standard InChI is InChI=1S/C17H20N2O3/c1-2-22-15-9-6-10-18-16(15)17(21)19-12-14(20)11-13-7-4-3-5-8-13/h3-10,14,20H,2,11-12H2,1H3,(H,19,21). The molecule has 116 valence electrons. The largest absolute Gasteiger partial charge is 0.491 e. The molecule has 5 heteroatoms. The fourth-order valence-corrected chi connectivity index (χ4v) is 2.09. The van der Waals surface area contributed by atoms with Gasteiger partial charge in [-0.1, -0.05) is 30.3 Å². The lowest BCUT2D eigenvalue weighted by Crippen LogP contribution is -2.33. The normalized spacial score (nSPS) is 11.7. The number of aromatic nitrogens is 1. The van der Waals surface area contributed by atoms with Crippen molar-refractivity contribution in [1.29, 1.82) is 0 Å². The molecule has 1 unspecified atom stereocenters. The Labute approximate surface area is 130 Å². The van der Waals surface area contributed by atoms with Crippen LogP contribution in [-0.4, -0.2) is 35.3 Å². The minimum absolute atomic E-state index is 0.163. The van der Waals surface area contributed by atoms with Crippen molar-refractivity contribution >= 4 is 5.91 Å². The number of rotatable bonds is 7. The highest BCUT2D eigenvalue weighted by Crippen LogP contribution is 2.14. The molecule has 0 saturated carbocycles. The Balaban J connectivity index is 1.90. The molecule has 0 saturated heterocycles. The number of pyridine rings is 1. The Kier molecular flexibility index (Phi) is 5.91. The molecule has 1 aromatic carbocycles. The van der Waals surface area contributed by atoms with Crippen LogP contribution in [0.4, 0.5) is 0 Å². The summed E-state index contributed by atoms with van der Waals surface area (Å²) in [7, 11) is 0. The number of aliphatic hydroxyl groups excluding tert-OH is 1. The average Bonchev–Trinajstić information content (AvgIpc) is 2.54. The summed E-state index contributed by atoms with van der Waals surface area (Å²) in [5, 5.41) is 12.7. The van der Waals surface area contributed by atoms with Crippen molar-refractivity contribution in [3.05, 3.63) is 59.9 Å². The second-order valence-corrected chi connectivity index (χ2v) is 4.84. The smallest absolute Gasteiger partial charge is 0.273 e. The van der Waals surface area contributed by atoms with Gasteiger partial charge in [0, 0.05) is 19.2 Å². The van der Waals surface area contributed by atoms with Gasteiger partial charge in [-0.05, 0) is 24.6 Å². The van der Waals surface area contributed by atoms with Gasteiger partial charge in [-0.25, -0.2) is 4.98 Å².